The van der Waals surface area contributed by atoms with Crippen molar-refractivity contribution in [3.63, 3.8) is 0 Å². The van der Waals surface area contributed by atoms with E-state index in [1.54, 1.807) is 17.2 Å². The average Bonchev–Trinajstić information content (AvgIpc) is 3.25. The maximum atomic E-state index is 12.9. The predicted octanol–water partition coefficient (Wildman–Crippen LogP) is 3.97. The Bertz CT molecular complexity index is 900. The quantitative estimate of drug-likeness (QED) is 0.689. The van der Waals surface area contributed by atoms with E-state index >= 15 is 0 Å². The summed E-state index contributed by atoms with van der Waals surface area (Å²) in [5, 5.41) is 8.22. The molecule has 4 rings (SSSR count). The van der Waals surface area contributed by atoms with E-state index in [9.17, 15) is 4.79 Å². The second-order valence-electron chi connectivity index (χ2n) is 6.84. The topological polar surface area (TPSA) is 51.0 Å². The van der Waals surface area contributed by atoms with Gasteiger partial charge in [-0.3, -0.25) is 9.36 Å². The van der Waals surface area contributed by atoms with Crippen molar-refractivity contribution < 1.29 is 4.79 Å². The number of nitrogens with zero attached hydrogens (tertiary/aromatic N) is 4. The van der Waals surface area contributed by atoms with Crippen LogP contribution in [0.2, 0.25) is 0 Å². The van der Waals surface area contributed by atoms with Gasteiger partial charge in [-0.2, -0.15) is 0 Å². The molecule has 5 nitrogen and oxygen atoms in total. The molecule has 0 atom stereocenters. The number of amides is 1. The van der Waals surface area contributed by atoms with Crippen LogP contribution >= 0.6 is 11.8 Å². The molecule has 2 aromatic carbocycles. The molecular formula is C21H22N4OS. The lowest BCUT2D eigenvalue weighted by Gasteiger charge is -2.32. The molecule has 0 aliphatic carbocycles. The van der Waals surface area contributed by atoms with Crippen molar-refractivity contribution in [3.8, 4) is 5.69 Å². The van der Waals surface area contributed by atoms with Gasteiger partial charge < -0.3 is 4.90 Å². The summed E-state index contributed by atoms with van der Waals surface area (Å²) in [6.07, 6.45) is 5.32. The van der Waals surface area contributed by atoms with E-state index < -0.39 is 0 Å². The minimum atomic E-state index is 0.101. The second kappa shape index (κ2) is 7.96. The molecule has 6 heteroatoms. The molecule has 138 valence electrons. The molecule has 1 aromatic heterocycles. The molecule has 0 saturated carbocycles. The highest BCUT2D eigenvalue weighted by Gasteiger charge is 2.24. The monoisotopic (exact) mass is 378 g/mol. The van der Waals surface area contributed by atoms with E-state index in [1.165, 1.54) is 10.5 Å². The van der Waals surface area contributed by atoms with E-state index in [1.807, 2.05) is 40.9 Å². The zero-order valence-electron chi connectivity index (χ0n) is 15.3. The van der Waals surface area contributed by atoms with E-state index in [0.29, 0.717) is 10.8 Å². The molecule has 1 fully saturated rings. The summed E-state index contributed by atoms with van der Waals surface area (Å²) in [4.78, 5) is 16.2. The Morgan fingerprint density at radius 3 is 2.44 bits per heavy atom. The average molecular weight is 379 g/mol. The molecule has 2 heterocycles. The Balaban J connectivity index is 1.37. The molecule has 1 saturated heterocycles. The Labute approximate surface area is 163 Å². The molecule has 1 aliphatic heterocycles. The van der Waals surface area contributed by atoms with Crippen LogP contribution in [0.25, 0.3) is 5.69 Å². The largest absolute Gasteiger partial charge is 0.339 e. The minimum absolute atomic E-state index is 0.101. The van der Waals surface area contributed by atoms with E-state index in [0.717, 1.165) is 31.6 Å². The highest BCUT2D eigenvalue weighted by molar-refractivity contribution is 8.00. The lowest BCUT2D eigenvalue weighted by molar-refractivity contribution is 0.0727. The van der Waals surface area contributed by atoms with Crippen LogP contribution < -0.4 is 0 Å². The van der Waals surface area contributed by atoms with Gasteiger partial charge in [0.1, 0.15) is 12.7 Å². The van der Waals surface area contributed by atoms with Crippen LogP contribution in [-0.2, 0) is 0 Å². The van der Waals surface area contributed by atoms with Crippen molar-refractivity contribution >= 4 is 17.7 Å². The lowest BCUT2D eigenvalue weighted by Crippen LogP contribution is -2.39. The number of carbonyl (C=O) groups excluding carboxylic acids is 1. The summed E-state index contributed by atoms with van der Waals surface area (Å²) in [6, 6.07) is 16.3. The number of carbonyl (C=O) groups is 1. The van der Waals surface area contributed by atoms with E-state index in [4.69, 9.17) is 0 Å². The van der Waals surface area contributed by atoms with Gasteiger partial charge in [0, 0.05) is 34.5 Å². The fourth-order valence-corrected chi connectivity index (χ4v) is 4.43. The second-order valence-corrected chi connectivity index (χ2v) is 8.22. The van der Waals surface area contributed by atoms with Crippen LogP contribution in [0, 0.1) is 6.92 Å². The molecule has 0 unspecified atom stereocenters. The molecule has 0 N–H and O–H groups in total. The molecule has 0 spiro atoms. The first-order chi connectivity index (χ1) is 13.2. The molecule has 27 heavy (non-hydrogen) atoms. The van der Waals surface area contributed by atoms with Crippen LogP contribution in [0.1, 0.15) is 28.8 Å². The van der Waals surface area contributed by atoms with Crippen LogP contribution in [0.15, 0.2) is 66.1 Å². The van der Waals surface area contributed by atoms with Crippen LogP contribution in [0.5, 0.6) is 0 Å². The normalized spacial score (nSPS) is 15.1. The van der Waals surface area contributed by atoms with Gasteiger partial charge in [-0.15, -0.1) is 22.0 Å². The first kappa shape index (κ1) is 17.8. The van der Waals surface area contributed by atoms with Gasteiger partial charge in [0.2, 0.25) is 0 Å². The number of likely N-dealkylation sites (tertiary alicyclic amines) is 1. The molecule has 0 radical (unpaired) electrons. The van der Waals surface area contributed by atoms with Gasteiger partial charge in [-0.25, -0.2) is 0 Å². The van der Waals surface area contributed by atoms with Gasteiger partial charge in [-0.1, -0.05) is 23.8 Å². The van der Waals surface area contributed by atoms with Gasteiger partial charge in [0.15, 0.2) is 0 Å². The van der Waals surface area contributed by atoms with Crippen molar-refractivity contribution in [2.24, 2.45) is 0 Å². The maximum absolute atomic E-state index is 12.9. The SMILES string of the molecule is Cc1ccc(SC2CCN(C(=O)c3cccc(-n4cnnc4)c3)CC2)cc1. The molecule has 1 amide bonds. The number of hydrogen-bond donors (Lipinski definition) is 0. The first-order valence-corrected chi connectivity index (χ1v) is 10.0. The number of rotatable bonds is 4. The fraction of sp³-hybridized carbons (Fsp3) is 0.286. The fourth-order valence-electron chi connectivity index (χ4n) is 3.30. The van der Waals surface area contributed by atoms with Crippen molar-refractivity contribution in [1.82, 2.24) is 19.7 Å². The third kappa shape index (κ3) is 4.22. The Hall–Kier alpha value is -2.60. The first-order valence-electron chi connectivity index (χ1n) is 9.17. The molecular weight excluding hydrogens is 356 g/mol. The summed E-state index contributed by atoms with van der Waals surface area (Å²) in [6.45, 7) is 3.72. The van der Waals surface area contributed by atoms with E-state index in [2.05, 4.69) is 41.4 Å². The Morgan fingerprint density at radius 2 is 1.74 bits per heavy atom. The minimum Gasteiger partial charge on any atom is -0.339 e. The summed E-state index contributed by atoms with van der Waals surface area (Å²) in [7, 11) is 0. The summed E-state index contributed by atoms with van der Waals surface area (Å²) in [5.41, 5.74) is 2.90. The molecule has 0 bridgehead atoms. The van der Waals surface area contributed by atoms with Gasteiger partial charge in [0.05, 0.1) is 0 Å². The van der Waals surface area contributed by atoms with Crippen molar-refractivity contribution in [3.05, 3.63) is 72.3 Å². The molecule has 3 aromatic rings. The van der Waals surface area contributed by atoms with Crippen LogP contribution in [0.4, 0.5) is 0 Å². The van der Waals surface area contributed by atoms with Gasteiger partial charge in [-0.05, 0) is 50.1 Å². The standard InChI is InChI=1S/C21H22N4OS/c1-16-5-7-19(8-6-16)27-20-9-11-24(12-10-20)21(26)17-3-2-4-18(13-17)25-14-22-23-15-25/h2-8,13-15,20H,9-12H2,1H3. The number of aromatic nitrogens is 3. The zero-order chi connectivity index (χ0) is 18.6. The van der Waals surface area contributed by atoms with Crippen molar-refractivity contribution in [1.29, 1.82) is 0 Å². The number of aryl methyl sites for hydroxylation is 1. The zero-order valence-corrected chi connectivity index (χ0v) is 16.1. The van der Waals surface area contributed by atoms with Gasteiger partial charge >= 0.3 is 0 Å². The number of thioether (sulfide) groups is 1. The smallest absolute Gasteiger partial charge is 0.253 e. The summed E-state index contributed by atoms with van der Waals surface area (Å²) in [5.74, 6) is 0.101. The molecule has 1 aliphatic rings. The Morgan fingerprint density at radius 1 is 1.04 bits per heavy atom. The number of piperidine rings is 1. The van der Waals surface area contributed by atoms with Crippen molar-refractivity contribution in [2.45, 2.75) is 29.9 Å². The van der Waals surface area contributed by atoms with E-state index in [-0.39, 0.29) is 5.91 Å². The third-order valence-corrected chi connectivity index (χ3v) is 6.21. The third-order valence-electron chi connectivity index (χ3n) is 4.86. The summed E-state index contributed by atoms with van der Waals surface area (Å²) < 4.78 is 1.81. The highest BCUT2D eigenvalue weighted by atomic mass is 32.2. The van der Waals surface area contributed by atoms with Crippen LogP contribution in [-0.4, -0.2) is 43.9 Å². The summed E-state index contributed by atoms with van der Waals surface area (Å²) >= 11 is 1.93. The lowest BCUT2D eigenvalue weighted by atomic mass is 10.1. The Kier molecular flexibility index (Phi) is 5.25. The highest BCUT2D eigenvalue weighted by Crippen LogP contribution is 2.31. The predicted molar refractivity (Wildman–Crippen MR) is 107 cm³/mol. The maximum Gasteiger partial charge on any atom is 0.253 e. The van der Waals surface area contributed by atoms with Crippen molar-refractivity contribution in [2.75, 3.05) is 13.1 Å². The van der Waals surface area contributed by atoms with Crippen LogP contribution in [0.3, 0.4) is 0 Å². The number of hydrogen-bond acceptors (Lipinski definition) is 4. The van der Waals surface area contributed by atoms with Gasteiger partial charge in [0.25, 0.3) is 5.91 Å². The number of benzene rings is 2.